The van der Waals surface area contributed by atoms with Crippen molar-refractivity contribution in [3.8, 4) is 10.4 Å². The molecule has 0 radical (unpaired) electrons. The van der Waals surface area contributed by atoms with Gasteiger partial charge in [-0.3, -0.25) is 0 Å². The predicted octanol–water partition coefficient (Wildman–Crippen LogP) is 6.28. The van der Waals surface area contributed by atoms with E-state index in [0.29, 0.717) is 15.7 Å². The van der Waals surface area contributed by atoms with E-state index in [1.54, 1.807) is 0 Å². The van der Waals surface area contributed by atoms with E-state index in [1.807, 2.05) is 72.8 Å². The third kappa shape index (κ3) is 5.04. The number of hydrogen-bond acceptors (Lipinski definition) is 4. The van der Waals surface area contributed by atoms with Crippen molar-refractivity contribution in [3.63, 3.8) is 0 Å². The van der Waals surface area contributed by atoms with Crippen LogP contribution in [0, 0.1) is 0 Å². The molecule has 0 unspecified atom stereocenters. The number of esters is 1. The van der Waals surface area contributed by atoms with E-state index in [0.717, 1.165) is 21.6 Å². The van der Waals surface area contributed by atoms with Gasteiger partial charge in [-0.05, 0) is 35.0 Å². The largest absolute Gasteiger partial charge is 0.465 e. The van der Waals surface area contributed by atoms with Gasteiger partial charge in [0.15, 0.2) is 5.11 Å². The lowest BCUT2D eigenvalue weighted by molar-refractivity contribution is 0.0602. The number of thiocarbonyl (C=S) groups is 1. The second-order valence-corrected chi connectivity index (χ2v) is 8.52. The third-order valence-corrected chi connectivity index (χ3v) is 6.28. The first-order chi connectivity index (χ1) is 15.7. The van der Waals surface area contributed by atoms with Crippen molar-refractivity contribution in [1.82, 2.24) is 5.32 Å². The van der Waals surface area contributed by atoms with Gasteiger partial charge >= 0.3 is 5.97 Å². The molecule has 1 heterocycles. The average molecular weight is 459 g/mol. The number of nitrogens with one attached hydrogen (secondary N) is 2. The molecule has 0 fully saturated rings. The van der Waals surface area contributed by atoms with Gasteiger partial charge in [-0.25, -0.2) is 4.79 Å². The van der Waals surface area contributed by atoms with Crippen molar-refractivity contribution >= 4 is 39.6 Å². The van der Waals surface area contributed by atoms with Gasteiger partial charge in [0.25, 0.3) is 0 Å². The van der Waals surface area contributed by atoms with E-state index < -0.39 is 5.97 Å². The highest BCUT2D eigenvalue weighted by atomic mass is 32.1. The highest BCUT2D eigenvalue weighted by molar-refractivity contribution is 7.80. The fourth-order valence-electron chi connectivity index (χ4n) is 3.41. The number of hydrogen-bond donors (Lipinski definition) is 2. The molecular weight excluding hydrogens is 436 g/mol. The van der Waals surface area contributed by atoms with Crippen LogP contribution in [0.5, 0.6) is 0 Å². The number of anilines is 1. The molecule has 0 saturated heterocycles. The maximum atomic E-state index is 12.4. The minimum atomic E-state index is -0.406. The summed E-state index contributed by atoms with van der Waals surface area (Å²) >= 11 is 7.12. The van der Waals surface area contributed by atoms with Crippen LogP contribution >= 0.6 is 23.6 Å². The number of carbonyl (C=O) groups excluding carboxylic acids is 1. The molecule has 3 aromatic carbocycles. The van der Waals surface area contributed by atoms with E-state index in [1.165, 1.54) is 18.4 Å². The lowest BCUT2D eigenvalue weighted by Gasteiger charge is -2.22. The van der Waals surface area contributed by atoms with Crippen LogP contribution in [0.2, 0.25) is 0 Å². The molecule has 32 heavy (non-hydrogen) atoms. The van der Waals surface area contributed by atoms with Crippen molar-refractivity contribution in [3.05, 3.63) is 114 Å². The zero-order valence-electron chi connectivity index (χ0n) is 17.4. The fraction of sp³-hybridized carbons (Fsp3) is 0.0769. The molecule has 4 nitrogen and oxygen atoms in total. The molecule has 0 bridgehead atoms. The van der Waals surface area contributed by atoms with Crippen molar-refractivity contribution in [2.45, 2.75) is 6.04 Å². The van der Waals surface area contributed by atoms with E-state index in [4.69, 9.17) is 17.0 Å². The summed E-state index contributed by atoms with van der Waals surface area (Å²) in [4.78, 5) is 13.4. The van der Waals surface area contributed by atoms with Gasteiger partial charge in [0.1, 0.15) is 5.00 Å². The molecule has 0 spiro atoms. The van der Waals surface area contributed by atoms with Gasteiger partial charge in [-0.1, -0.05) is 91.0 Å². The van der Waals surface area contributed by atoms with Crippen LogP contribution in [0.4, 0.5) is 5.00 Å². The maximum Gasteiger partial charge on any atom is 0.340 e. The Bertz CT molecular complexity index is 1150. The number of thiophene rings is 1. The molecular formula is C26H22N2O2S2. The van der Waals surface area contributed by atoms with Gasteiger partial charge in [-0.2, -0.15) is 0 Å². The van der Waals surface area contributed by atoms with E-state index in [-0.39, 0.29) is 6.04 Å². The summed E-state index contributed by atoms with van der Waals surface area (Å²) < 4.78 is 4.99. The highest BCUT2D eigenvalue weighted by Crippen LogP contribution is 2.36. The normalized spacial score (nSPS) is 10.6. The van der Waals surface area contributed by atoms with Gasteiger partial charge < -0.3 is 15.4 Å². The van der Waals surface area contributed by atoms with Crippen LogP contribution in [0.1, 0.15) is 27.5 Å². The molecule has 0 aliphatic rings. The fourth-order valence-corrected chi connectivity index (χ4v) is 4.75. The maximum absolute atomic E-state index is 12.4. The van der Waals surface area contributed by atoms with Gasteiger partial charge in [-0.15, -0.1) is 11.3 Å². The first-order valence-corrected chi connectivity index (χ1v) is 11.3. The van der Waals surface area contributed by atoms with E-state index in [9.17, 15) is 4.79 Å². The van der Waals surface area contributed by atoms with Crippen molar-refractivity contribution in [1.29, 1.82) is 0 Å². The molecule has 4 aromatic rings. The first-order valence-electron chi connectivity index (χ1n) is 10.1. The lowest BCUT2D eigenvalue weighted by Crippen LogP contribution is -2.33. The molecule has 2 N–H and O–H groups in total. The van der Waals surface area contributed by atoms with Gasteiger partial charge in [0, 0.05) is 4.88 Å². The lowest BCUT2D eigenvalue weighted by atomic mass is 9.99. The number of carbonyl (C=O) groups is 1. The summed E-state index contributed by atoms with van der Waals surface area (Å²) in [6.45, 7) is 0. The smallest absolute Gasteiger partial charge is 0.340 e. The Labute approximate surface area is 196 Å². The molecule has 4 rings (SSSR count). The number of methoxy groups -OCH3 is 1. The number of ether oxygens (including phenoxy) is 1. The summed E-state index contributed by atoms with van der Waals surface area (Å²) in [6, 6.07) is 31.9. The molecule has 160 valence electrons. The van der Waals surface area contributed by atoms with Crippen LogP contribution < -0.4 is 10.6 Å². The summed E-state index contributed by atoms with van der Waals surface area (Å²) in [5, 5.41) is 7.70. The Hall–Kier alpha value is -3.48. The zero-order valence-corrected chi connectivity index (χ0v) is 19.1. The van der Waals surface area contributed by atoms with Crippen molar-refractivity contribution in [2.24, 2.45) is 0 Å². The third-order valence-electron chi connectivity index (χ3n) is 4.96. The molecule has 0 aliphatic heterocycles. The minimum Gasteiger partial charge on any atom is -0.465 e. The molecule has 6 heteroatoms. The quantitative estimate of drug-likeness (QED) is 0.263. The molecule has 1 aromatic heterocycles. The summed E-state index contributed by atoms with van der Waals surface area (Å²) in [5.41, 5.74) is 3.66. The summed E-state index contributed by atoms with van der Waals surface area (Å²) in [7, 11) is 1.38. The monoisotopic (exact) mass is 458 g/mol. The molecule has 0 aliphatic carbocycles. The van der Waals surface area contributed by atoms with Crippen molar-refractivity contribution < 1.29 is 9.53 Å². The summed E-state index contributed by atoms with van der Waals surface area (Å²) in [6.07, 6.45) is 0. The first kappa shape index (κ1) is 21.7. The highest BCUT2D eigenvalue weighted by Gasteiger charge is 2.20. The van der Waals surface area contributed by atoms with E-state index in [2.05, 4.69) is 34.9 Å². The second-order valence-electron chi connectivity index (χ2n) is 7.06. The van der Waals surface area contributed by atoms with Crippen LogP contribution in [-0.4, -0.2) is 18.2 Å². The Morgan fingerprint density at radius 2 is 1.41 bits per heavy atom. The molecule has 0 saturated carbocycles. The minimum absolute atomic E-state index is 0.132. The predicted molar refractivity (Wildman–Crippen MR) is 135 cm³/mol. The SMILES string of the molecule is COC(=O)c1cc(-c2ccccc2)sc1NC(=S)NC(c1ccccc1)c1ccccc1. The van der Waals surface area contributed by atoms with Crippen LogP contribution in [-0.2, 0) is 4.74 Å². The Kier molecular flexibility index (Phi) is 6.94. The number of benzene rings is 3. The van der Waals surface area contributed by atoms with E-state index >= 15 is 0 Å². The van der Waals surface area contributed by atoms with Gasteiger partial charge in [0.05, 0.1) is 18.7 Å². The number of rotatable bonds is 6. The average Bonchev–Trinajstić information content (AvgIpc) is 3.27. The van der Waals surface area contributed by atoms with Crippen LogP contribution in [0.25, 0.3) is 10.4 Å². The van der Waals surface area contributed by atoms with Crippen LogP contribution in [0.3, 0.4) is 0 Å². The Morgan fingerprint density at radius 1 is 0.875 bits per heavy atom. The van der Waals surface area contributed by atoms with Crippen LogP contribution in [0.15, 0.2) is 97.1 Å². The Balaban J connectivity index is 1.61. The van der Waals surface area contributed by atoms with Gasteiger partial charge in [0.2, 0.25) is 0 Å². The van der Waals surface area contributed by atoms with Crippen molar-refractivity contribution in [2.75, 3.05) is 12.4 Å². The molecule has 0 amide bonds. The zero-order chi connectivity index (χ0) is 22.3. The summed E-state index contributed by atoms with van der Waals surface area (Å²) in [5.74, 6) is -0.406. The second kappa shape index (κ2) is 10.2. The topological polar surface area (TPSA) is 50.4 Å². The Morgan fingerprint density at radius 3 is 1.94 bits per heavy atom. The standard InChI is InChI=1S/C26H22N2O2S2/c1-30-25(29)21-17-22(18-11-5-2-6-12-18)32-24(21)28-26(31)27-23(19-13-7-3-8-14-19)20-15-9-4-10-16-20/h2-17,23H,1H3,(H2,27,28,31). The molecule has 0 atom stereocenters.